The number of para-hydroxylation sites is 1. The molecule has 0 fully saturated rings. The van der Waals surface area contributed by atoms with Crippen LogP contribution >= 0.6 is 11.3 Å². The second-order valence-electron chi connectivity index (χ2n) is 6.07. The van der Waals surface area contributed by atoms with E-state index in [-0.39, 0.29) is 17.5 Å². The minimum atomic E-state index is -0.299. The molecular weight excluding hydrogens is 374 g/mol. The monoisotopic (exact) mass is 395 g/mol. The Bertz CT molecular complexity index is 941. The van der Waals surface area contributed by atoms with Crippen LogP contribution in [-0.2, 0) is 17.8 Å². The van der Waals surface area contributed by atoms with Crippen LogP contribution in [0.25, 0.3) is 0 Å². The molecule has 3 rings (SSSR count). The van der Waals surface area contributed by atoms with Gasteiger partial charge in [0.25, 0.3) is 5.91 Å². The summed E-state index contributed by atoms with van der Waals surface area (Å²) in [6.45, 7) is 0.332. The fraction of sp³-hybridized carbons (Fsp3) is 0.190. The number of hydrogen-bond acceptors (Lipinski definition) is 5. The molecule has 0 aliphatic rings. The van der Waals surface area contributed by atoms with Crippen molar-refractivity contribution in [1.29, 1.82) is 0 Å². The predicted octanol–water partition coefficient (Wildman–Crippen LogP) is 3.65. The van der Waals surface area contributed by atoms with Crippen molar-refractivity contribution in [3.63, 3.8) is 0 Å². The van der Waals surface area contributed by atoms with Crippen LogP contribution in [0, 0.1) is 0 Å². The number of carbonyl (C=O) groups excluding carboxylic acids is 2. The summed E-state index contributed by atoms with van der Waals surface area (Å²) in [5.74, 6) is 0.290. The molecule has 144 valence electrons. The lowest BCUT2D eigenvalue weighted by atomic mass is 10.1. The molecule has 6 nitrogen and oxygen atoms in total. The average molecular weight is 395 g/mol. The summed E-state index contributed by atoms with van der Waals surface area (Å²) in [5.41, 5.74) is 2.26. The maximum absolute atomic E-state index is 12.3. The number of nitrogens with one attached hydrogen (secondary N) is 2. The first kappa shape index (κ1) is 19.6. The van der Waals surface area contributed by atoms with Gasteiger partial charge < -0.3 is 15.4 Å². The zero-order valence-corrected chi connectivity index (χ0v) is 16.3. The molecule has 1 heterocycles. The van der Waals surface area contributed by atoms with E-state index in [1.165, 1.54) is 11.3 Å². The van der Waals surface area contributed by atoms with Crippen molar-refractivity contribution in [2.75, 3.05) is 12.4 Å². The highest BCUT2D eigenvalue weighted by atomic mass is 32.1. The SMILES string of the molecule is COc1ccccc1CNC(=O)c1csc(NC(=O)CCc2ccccc2)n1. The van der Waals surface area contributed by atoms with Crippen molar-refractivity contribution < 1.29 is 14.3 Å². The van der Waals surface area contributed by atoms with Crippen molar-refractivity contribution in [3.05, 3.63) is 76.8 Å². The molecule has 7 heteroatoms. The van der Waals surface area contributed by atoms with Gasteiger partial charge in [-0.2, -0.15) is 0 Å². The predicted molar refractivity (Wildman–Crippen MR) is 110 cm³/mol. The molecule has 2 aromatic carbocycles. The van der Waals surface area contributed by atoms with Crippen molar-refractivity contribution in [2.24, 2.45) is 0 Å². The molecule has 2 N–H and O–H groups in total. The third-order valence-corrected chi connectivity index (χ3v) is 4.86. The topological polar surface area (TPSA) is 80.3 Å². The molecule has 3 aromatic rings. The van der Waals surface area contributed by atoms with Crippen molar-refractivity contribution >= 4 is 28.3 Å². The first-order valence-corrected chi connectivity index (χ1v) is 9.73. The first-order chi connectivity index (χ1) is 13.7. The zero-order chi connectivity index (χ0) is 19.8. The minimum absolute atomic E-state index is 0.126. The highest BCUT2D eigenvalue weighted by Crippen LogP contribution is 2.18. The Hall–Kier alpha value is -3.19. The number of aryl methyl sites for hydroxylation is 1. The first-order valence-electron chi connectivity index (χ1n) is 8.85. The lowest BCUT2D eigenvalue weighted by Gasteiger charge is -2.08. The highest BCUT2D eigenvalue weighted by Gasteiger charge is 2.13. The number of anilines is 1. The van der Waals surface area contributed by atoms with E-state index in [1.807, 2.05) is 54.6 Å². The fourth-order valence-corrected chi connectivity index (χ4v) is 3.34. The summed E-state index contributed by atoms with van der Waals surface area (Å²) in [6, 6.07) is 17.3. The Kier molecular flexibility index (Phi) is 6.75. The van der Waals surface area contributed by atoms with E-state index in [9.17, 15) is 9.59 Å². The van der Waals surface area contributed by atoms with E-state index < -0.39 is 0 Å². The van der Waals surface area contributed by atoms with Gasteiger partial charge in [0.05, 0.1) is 7.11 Å². The van der Waals surface area contributed by atoms with E-state index in [0.29, 0.717) is 30.3 Å². The number of methoxy groups -OCH3 is 1. The third-order valence-electron chi connectivity index (χ3n) is 4.10. The van der Waals surface area contributed by atoms with Crippen molar-refractivity contribution in [2.45, 2.75) is 19.4 Å². The molecule has 0 saturated carbocycles. The Balaban J connectivity index is 1.50. The number of aromatic nitrogens is 1. The Labute approximate surface area is 167 Å². The van der Waals surface area contributed by atoms with Crippen LogP contribution in [0.3, 0.4) is 0 Å². The molecule has 0 atom stereocenters. The van der Waals surface area contributed by atoms with Crippen LogP contribution in [0.2, 0.25) is 0 Å². The number of hydrogen-bond donors (Lipinski definition) is 2. The van der Waals surface area contributed by atoms with Crippen LogP contribution in [0.4, 0.5) is 5.13 Å². The zero-order valence-electron chi connectivity index (χ0n) is 15.5. The van der Waals surface area contributed by atoms with Gasteiger partial charge in [-0.3, -0.25) is 9.59 Å². The van der Waals surface area contributed by atoms with Crippen LogP contribution in [-0.4, -0.2) is 23.9 Å². The summed E-state index contributed by atoms with van der Waals surface area (Å²) in [5, 5.41) is 7.61. The van der Waals surface area contributed by atoms with Gasteiger partial charge in [-0.25, -0.2) is 4.98 Å². The number of rotatable bonds is 8. The number of thiazole rings is 1. The van der Waals surface area contributed by atoms with Gasteiger partial charge in [-0.05, 0) is 18.1 Å². The molecule has 0 saturated heterocycles. The van der Waals surface area contributed by atoms with Gasteiger partial charge >= 0.3 is 0 Å². The minimum Gasteiger partial charge on any atom is -0.496 e. The van der Waals surface area contributed by atoms with Gasteiger partial charge in [0.2, 0.25) is 5.91 Å². The molecule has 0 spiro atoms. The Morgan fingerprint density at radius 2 is 1.82 bits per heavy atom. The van der Waals surface area contributed by atoms with Gasteiger partial charge in [0, 0.05) is 23.9 Å². The van der Waals surface area contributed by atoms with Gasteiger partial charge in [0.1, 0.15) is 11.4 Å². The van der Waals surface area contributed by atoms with E-state index in [2.05, 4.69) is 15.6 Å². The number of ether oxygens (including phenoxy) is 1. The molecule has 0 aliphatic heterocycles. The smallest absolute Gasteiger partial charge is 0.271 e. The van der Waals surface area contributed by atoms with E-state index in [0.717, 1.165) is 11.1 Å². The maximum atomic E-state index is 12.3. The number of carbonyl (C=O) groups is 2. The summed E-state index contributed by atoms with van der Waals surface area (Å²) in [4.78, 5) is 28.6. The molecule has 2 amide bonds. The normalized spacial score (nSPS) is 10.3. The largest absolute Gasteiger partial charge is 0.496 e. The Morgan fingerprint density at radius 3 is 2.61 bits per heavy atom. The quantitative estimate of drug-likeness (QED) is 0.610. The van der Waals surface area contributed by atoms with Crippen LogP contribution in [0.1, 0.15) is 28.0 Å². The summed E-state index contributed by atoms with van der Waals surface area (Å²) < 4.78 is 5.27. The van der Waals surface area contributed by atoms with Crippen molar-refractivity contribution in [3.8, 4) is 5.75 Å². The van der Waals surface area contributed by atoms with Crippen LogP contribution in [0.15, 0.2) is 60.0 Å². The van der Waals surface area contributed by atoms with Crippen LogP contribution in [0.5, 0.6) is 5.75 Å². The van der Waals surface area contributed by atoms with Crippen molar-refractivity contribution in [1.82, 2.24) is 10.3 Å². The molecule has 0 aliphatic carbocycles. The molecular formula is C21H21N3O3S. The van der Waals surface area contributed by atoms with E-state index in [4.69, 9.17) is 4.74 Å². The van der Waals surface area contributed by atoms with Crippen LogP contribution < -0.4 is 15.4 Å². The highest BCUT2D eigenvalue weighted by molar-refractivity contribution is 7.14. The molecule has 0 bridgehead atoms. The second-order valence-corrected chi connectivity index (χ2v) is 6.92. The lowest BCUT2D eigenvalue weighted by Crippen LogP contribution is -2.23. The van der Waals surface area contributed by atoms with E-state index in [1.54, 1.807) is 12.5 Å². The molecule has 0 radical (unpaired) electrons. The van der Waals surface area contributed by atoms with E-state index >= 15 is 0 Å². The Morgan fingerprint density at radius 1 is 1.07 bits per heavy atom. The summed E-state index contributed by atoms with van der Waals surface area (Å²) in [6.07, 6.45) is 1.02. The number of nitrogens with zero attached hydrogens (tertiary/aromatic N) is 1. The second kappa shape index (κ2) is 9.66. The summed E-state index contributed by atoms with van der Waals surface area (Å²) >= 11 is 1.23. The maximum Gasteiger partial charge on any atom is 0.271 e. The molecule has 0 unspecified atom stereocenters. The van der Waals surface area contributed by atoms with Gasteiger partial charge in [0.15, 0.2) is 5.13 Å². The number of benzene rings is 2. The molecule has 28 heavy (non-hydrogen) atoms. The molecule has 1 aromatic heterocycles. The average Bonchev–Trinajstić information content (AvgIpc) is 3.20. The summed E-state index contributed by atoms with van der Waals surface area (Å²) in [7, 11) is 1.59. The fourth-order valence-electron chi connectivity index (χ4n) is 2.63. The third kappa shape index (κ3) is 5.40. The van der Waals surface area contributed by atoms with Gasteiger partial charge in [-0.15, -0.1) is 11.3 Å². The standard InChI is InChI=1S/C21H21N3O3S/c1-27-18-10-6-5-9-16(18)13-22-20(26)17-14-28-21(23-17)24-19(25)12-11-15-7-3-2-4-8-15/h2-10,14H,11-13H2,1H3,(H,22,26)(H,23,24,25). The van der Waals surface area contributed by atoms with Gasteiger partial charge in [-0.1, -0.05) is 48.5 Å². The lowest BCUT2D eigenvalue weighted by molar-refractivity contribution is -0.116. The number of amides is 2.